The van der Waals surface area contributed by atoms with E-state index in [0.717, 1.165) is 30.2 Å². The zero-order chi connectivity index (χ0) is 22.6. The highest BCUT2D eigenvalue weighted by molar-refractivity contribution is 7.80. The molecule has 0 atom stereocenters. The fraction of sp³-hybridized carbons (Fsp3) is 0.320. The van der Waals surface area contributed by atoms with Gasteiger partial charge in [0, 0.05) is 5.69 Å². The van der Waals surface area contributed by atoms with Crippen LogP contribution in [0.1, 0.15) is 55.9 Å². The summed E-state index contributed by atoms with van der Waals surface area (Å²) in [5, 5.41) is 10.2. The Labute approximate surface area is 195 Å². The molecule has 0 aliphatic rings. The van der Waals surface area contributed by atoms with Crippen molar-refractivity contribution >= 4 is 28.9 Å². The fourth-order valence-electron chi connectivity index (χ4n) is 3.29. The molecule has 0 saturated carbocycles. The molecule has 0 unspecified atom stereocenters. The molecule has 2 aromatic carbocycles. The number of nitrogens with zero attached hydrogens (tertiary/aromatic N) is 2. The molecule has 32 heavy (non-hydrogen) atoms. The summed E-state index contributed by atoms with van der Waals surface area (Å²) in [7, 11) is 0. The van der Waals surface area contributed by atoms with Gasteiger partial charge in [-0.15, -0.1) is 0 Å². The molecule has 7 heteroatoms. The molecule has 0 radical (unpaired) electrons. The van der Waals surface area contributed by atoms with Crippen molar-refractivity contribution in [1.29, 1.82) is 0 Å². The average Bonchev–Trinajstić information content (AvgIpc) is 3.30. The third kappa shape index (κ3) is 7.20. The second kappa shape index (κ2) is 12.6. The summed E-state index contributed by atoms with van der Waals surface area (Å²) in [5.41, 5.74) is 1.98. The summed E-state index contributed by atoms with van der Waals surface area (Å²) < 4.78 is 7.38. The van der Waals surface area contributed by atoms with Gasteiger partial charge in [-0.05, 0) is 61.1 Å². The molecule has 0 saturated heterocycles. The number of amides is 1. The number of hydrogen-bond donors (Lipinski definition) is 2. The number of ether oxygens (including phenoxy) is 1. The van der Waals surface area contributed by atoms with Crippen molar-refractivity contribution in [3.8, 4) is 11.4 Å². The van der Waals surface area contributed by atoms with Crippen molar-refractivity contribution in [3.63, 3.8) is 0 Å². The third-order valence-electron chi connectivity index (χ3n) is 4.98. The van der Waals surface area contributed by atoms with Crippen molar-refractivity contribution in [2.24, 2.45) is 0 Å². The Balaban J connectivity index is 1.44. The molecular weight excluding hydrogens is 420 g/mol. The highest BCUT2D eigenvalue weighted by atomic mass is 32.1. The standard InChI is InChI=1S/C25H30N4O2S/c1-2-3-4-5-6-10-19-31-22-15-13-20(14-16-22)27-25(32)28-24(30)23-17-18-26-29(23)21-11-8-7-9-12-21/h7-9,11-18H,2-6,10,19H2,1H3,(H2,27,28,30,32). The lowest BCUT2D eigenvalue weighted by Gasteiger charge is -2.12. The molecule has 1 aromatic heterocycles. The number of rotatable bonds is 11. The Morgan fingerprint density at radius 3 is 2.44 bits per heavy atom. The Hall–Kier alpha value is -3.19. The van der Waals surface area contributed by atoms with Crippen LogP contribution in [0.2, 0.25) is 0 Å². The molecule has 0 fully saturated rings. The van der Waals surface area contributed by atoms with E-state index in [1.54, 1.807) is 16.9 Å². The molecule has 0 aliphatic heterocycles. The zero-order valence-corrected chi connectivity index (χ0v) is 19.2. The van der Waals surface area contributed by atoms with E-state index in [2.05, 4.69) is 22.7 Å². The summed E-state index contributed by atoms with van der Waals surface area (Å²) in [6.07, 6.45) is 9.02. The third-order valence-corrected chi connectivity index (χ3v) is 5.19. The van der Waals surface area contributed by atoms with E-state index in [9.17, 15) is 4.79 Å². The van der Waals surface area contributed by atoms with Gasteiger partial charge in [0.25, 0.3) is 5.91 Å². The molecule has 3 rings (SSSR count). The number of nitrogens with one attached hydrogen (secondary N) is 2. The van der Waals surface area contributed by atoms with Crippen LogP contribution in [0.3, 0.4) is 0 Å². The lowest BCUT2D eigenvalue weighted by Crippen LogP contribution is -2.35. The first-order valence-corrected chi connectivity index (χ1v) is 11.5. The van der Waals surface area contributed by atoms with Gasteiger partial charge < -0.3 is 10.1 Å². The van der Waals surface area contributed by atoms with Crippen molar-refractivity contribution in [3.05, 3.63) is 72.6 Å². The van der Waals surface area contributed by atoms with Gasteiger partial charge in [-0.1, -0.05) is 57.2 Å². The molecule has 0 spiro atoms. The van der Waals surface area contributed by atoms with E-state index in [0.29, 0.717) is 5.69 Å². The van der Waals surface area contributed by atoms with Gasteiger partial charge in [-0.3, -0.25) is 10.1 Å². The number of aromatic nitrogens is 2. The first kappa shape index (κ1) is 23.5. The second-order valence-electron chi connectivity index (χ2n) is 7.51. The van der Waals surface area contributed by atoms with E-state index >= 15 is 0 Å². The van der Waals surface area contributed by atoms with E-state index < -0.39 is 0 Å². The Morgan fingerprint density at radius 2 is 1.69 bits per heavy atom. The van der Waals surface area contributed by atoms with E-state index in [1.807, 2.05) is 54.6 Å². The van der Waals surface area contributed by atoms with Gasteiger partial charge in [0.2, 0.25) is 0 Å². The largest absolute Gasteiger partial charge is 0.494 e. The van der Waals surface area contributed by atoms with E-state index in [4.69, 9.17) is 17.0 Å². The zero-order valence-electron chi connectivity index (χ0n) is 18.4. The van der Waals surface area contributed by atoms with Gasteiger partial charge in [-0.2, -0.15) is 5.10 Å². The second-order valence-corrected chi connectivity index (χ2v) is 7.92. The molecule has 1 heterocycles. The van der Waals surface area contributed by atoms with Crippen LogP contribution in [0.5, 0.6) is 5.75 Å². The van der Waals surface area contributed by atoms with Gasteiger partial charge in [0.1, 0.15) is 11.4 Å². The minimum atomic E-state index is -0.331. The maximum absolute atomic E-state index is 12.7. The summed E-state index contributed by atoms with van der Waals surface area (Å²) in [5.74, 6) is 0.494. The summed E-state index contributed by atoms with van der Waals surface area (Å²) in [4.78, 5) is 12.7. The van der Waals surface area contributed by atoms with Crippen molar-refractivity contribution in [1.82, 2.24) is 15.1 Å². The van der Waals surface area contributed by atoms with Crippen molar-refractivity contribution in [2.45, 2.75) is 45.4 Å². The molecule has 0 bridgehead atoms. The quantitative estimate of drug-likeness (QED) is 0.288. The molecule has 0 aliphatic carbocycles. The first-order valence-electron chi connectivity index (χ1n) is 11.1. The minimum Gasteiger partial charge on any atom is -0.494 e. The minimum absolute atomic E-state index is 0.219. The predicted octanol–water partition coefficient (Wildman–Crippen LogP) is 5.74. The highest BCUT2D eigenvalue weighted by Gasteiger charge is 2.14. The average molecular weight is 451 g/mol. The number of hydrogen-bond acceptors (Lipinski definition) is 4. The van der Waals surface area contributed by atoms with Gasteiger partial charge in [-0.25, -0.2) is 4.68 Å². The van der Waals surface area contributed by atoms with E-state index in [-0.39, 0.29) is 11.0 Å². The van der Waals surface area contributed by atoms with Crippen LogP contribution in [-0.4, -0.2) is 27.4 Å². The molecular formula is C25H30N4O2S. The highest BCUT2D eigenvalue weighted by Crippen LogP contribution is 2.17. The van der Waals surface area contributed by atoms with Crippen LogP contribution < -0.4 is 15.4 Å². The maximum atomic E-state index is 12.7. The van der Waals surface area contributed by atoms with Crippen LogP contribution >= 0.6 is 12.2 Å². The van der Waals surface area contributed by atoms with Crippen molar-refractivity contribution < 1.29 is 9.53 Å². The smallest absolute Gasteiger partial charge is 0.276 e. The Bertz CT molecular complexity index is 987. The van der Waals surface area contributed by atoms with Crippen LogP contribution in [-0.2, 0) is 0 Å². The van der Waals surface area contributed by atoms with Gasteiger partial charge >= 0.3 is 0 Å². The van der Waals surface area contributed by atoms with Crippen LogP contribution in [0.15, 0.2) is 66.9 Å². The van der Waals surface area contributed by atoms with Crippen molar-refractivity contribution in [2.75, 3.05) is 11.9 Å². The number of para-hydroxylation sites is 1. The summed E-state index contributed by atoms with van der Waals surface area (Å²) >= 11 is 5.30. The monoisotopic (exact) mass is 450 g/mol. The van der Waals surface area contributed by atoms with E-state index in [1.165, 1.54) is 32.1 Å². The summed E-state index contributed by atoms with van der Waals surface area (Å²) in [6.45, 7) is 2.95. The lowest BCUT2D eigenvalue weighted by molar-refractivity contribution is 0.0970. The molecule has 1 amide bonds. The number of anilines is 1. The number of carbonyl (C=O) groups is 1. The van der Waals surface area contributed by atoms with Crippen LogP contribution in [0, 0.1) is 0 Å². The van der Waals surface area contributed by atoms with Crippen LogP contribution in [0.4, 0.5) is 5.69 Å². The summed E-state index contributed by atoms with van der Waals surface area (Å²) in [6, 6.07) is 18.7. The number of unbranched alkanes of at least 4 members (excludes halogenated alkanes) is 5. The van der Waals surface area contributed by atoms with Crippen LogP contribution in [0.25, 0.3) is 5.69 Å². The Morgan fingerprint density at radius 1 is 0.969 bits per heavy atom. The Kier molecular flexibility index (Phi) is 9.25. The van der Waals surface area contributed by atoms with Gasteiger partial charge in [0.15, 0.2) is 5.11 Å². The number of thiocarbonyl (C=S) groups is 1. The predicted molar refractivity (Wildman–Crippen MR) is 133 cm³/mol. The number of benzene rings is 2. The molecule has 2 N–H and O–H groups in total. The normalized spacial score (nSPS) is 10.5. The lowest BCUT2D eigenvalue weighted by atomic mass is 10.1. The molecule has 3 aromatic rings. The molecule has 6 nitrogen and oxygen atoms in total. The first-order chi connectivity index (χ1) is 15.7. The SMILES string of the molecule is CCCCCCCCOc1ccc(NC(=S)NC(=O)c2ccnn2-c2ccccc2)cc1. The maximum Gasteiger partial charge on any atom is 0.276 e. The topological polar surface area (TPSA) is 68.2 Å². The van der Waals surface area contributed by atoms with Gasteiger partial charge in [0.05, 0.1) is 18.5 Å². The molecule has 168 valence electrons. The fourth-order valence-corrected chi connectivity index (χ4v) is 3.50. The number of carbonyl (C=O) groups excluding carboxylic acids is 1.